The molecule has 2 amide bonds. The second-order valence-corrected chi connectivity index (χ2v) is 6.46. The van der Waals surface area contributed by atoms with E-state index in [1.807, 2.05) is 0 Å². The minimum absolute atomic E-state index is 0.200. The van der Waals surface area contributed by atoms with Crippen molar-refractivity contribution < 1.29 is 14.3 Å². The fourth-order valence-corrected chi connectivity index (χ4v) is 3.45. The van der Waals surface area contributed by atoms with Gasteiger partial charge in [-0.3, -0.25) is 4.79 Å². The lowest BCUT2D eigenvalue weighted by atomic mass is 10.3. The summed E-state index contributed by atoms with van der Waals surface area (Å²) in [5.41, 5.74) is 5.10. The van der Waals surface area contributed by atoms with Crippen molar-refractivity contribution in [1.29, 1.82) is 0 Å². The molecule has 0 radical (unpaired) electrons. The molecule has 1 fully saturated rings. The molecule has 1 aromatic heterocycles. The zero-order valence-electron chi connectivity index (χ0n) is 11.7. The molecule has 0 unspecified atom stereocenters. The number of nitrogens with zero attached hydrogens (tertiary/aromatic N) is 4. The molecule has 1 aliphatic heterocycles. The molecule has 116 valence electrons. The smallest absolute Gasteiger partial charge is 0.409 e. The molecule has 1 saturated heterocycles. The molecule has 0 bridgehead atoms. The maximum absolute atomic E-state index is 11.6. The van der Waals surface area contributed by atoms with Crippen LogP contribution < -0.4 is 10.6 Å². The second-order valence-electron chi connectivity index (χ2n) is 4.28. The lowest BCUT2D eigenvalue weighted by Crippen LogP contribution is -2.49. The quantitative estimate of drug-likeness (QED) is 0.779. The highest BCUT2D eigenvalue weighted by atomic mass is 32.2. The van der Waals surface area contributed by atoms with Crippen molar-refractivity contribution in [3.05, 3.63) is 0 Å². The summed E-state index contributed by atoms with van der Waals surface area (Å²) in [5, 5.41) is 8.93. The van der Waals surface area contributed by atoms with Crippen molar-refractivity contribution >= 4 is 40.2 Å². The Balaban J connectivity index is 1.84. The summed E-state index contributed by atoms with van der Waals surface area (Å²) in [5.74, 6) is -0.176. The van der Waals surface area contributed by atoms with E-state index in [1.54, 1.807) is 11.8 Å². The van der Waals surface area contributed by atoms with Gasteiger partial charge in [-0.2, -0.15) is 0 Å². The zero-order chi connectivity index (χ0) is 15.2. The number of hydrogen-bond donors (Lipinski definition) is 1. The van der Waals surface area contributed by atoms with Crippen molar-refractivity contribution in [2.24, 2.45) is 5.73 Å². The topological polar surface area (TPSA) is 102 Å². The van der Waals surface area contributed by atoms with Crippen LogP contribution in [0, 0.1) is 0 Å². The summed E-state index contributed by atoms with van der Waals surface area (Å²) in [6.07, 6.45) is -0.271. The number of rotatable bonds is 5. The minimum Gasteiger partial charge on any atom is -0.450 e. The van der Waals surface area contributed by atoms with Gasteiger partial charge >= 0.3 is 6.09 Å². The van der Waals surface area contributed by atoms with E-state index in [1.165, 1.54) is 23.1 Å². The van der Waals surface area contributed by atoms with Crippen molar-refractivity contribution in [3.8, 4) is 0 Å². The number of aromatic nitrogens is 2. The summed E-state index contributed by atoms with van der Waals surface area (Å²) in [6, 6.07) is 0. The van der Waals surface area contributed by atoms with Crippen molar-refractivity contribution in [3.63, 3.8) is 0 Å². The first-order valence-electron chi connectivity index (χ1n) is 6.51. The summed E-state index contributed by atoms with van der Waals surface area (Å²) in [4.78, 5) is 26.1. The van der Waals surface area contributed by atoms with Crippen molar-refractivity contribution in [1.82, 2.24) is 15.1 Å². The molecule has 2 N–H and O–H groups in total. The van der Waals surface area contributed by atoms with Gasteiger partial charge in [0.2, 0.25) is 11.0 Å². The van der Waals surface area contributed by atoms with Crippen molar-refractivity contribution in [2.75, 3.05) is 43.4 Å². The van der Waals surface area contributed by atoms with Crippen LogP contribution in [0.3, 0.4) is 0 Å². The Morgan fingerprint density at radius 2 is 2.05 bits per heavy atom. The van der Waals surface area contributed by atoms with Gasteiger partial charge < -0.3 is 20.3 Å². The van der Waals surface area contributed by atoms with Crippen LogP contribution in [-0.4, -0.2) is 65.6 Å². The first kappa shape index (κ1) is 15.8. The average molecular weight is 331 g/mol. The SMILES string of the molecule is CCOC(=O)N1CCN(c2nnc(SCC(N)=O)s2)CC1. The van der Waals surface area contributed by atoms with Gasteiger partial charge in [0.15, 0.2) is 4.34 Å². The van der Waals surface area contributed by atoms with Gasteiger partial charge in [0.25, 0.3) is 0 Å². The highest BCUT2D eigenvalue weighted by molar-refractivity contribution is 8.01. The Hall–Kier alpha value is -1.55. The van der Waals surface area contributed by atoms with Gasteiger partial charge in [-0.15, -0.1) is 10.2 Å². The third-order valence-corrected chi connectivity index (χ3v) is 4.95. The molecular weight excluding hydrogens is 314 g/mol. The van der Waals surface area contributed by atoms with Crippen LogP contribution in [0.2, 0.25) is 0 Å². The van der Waals surface area contributed by atoms with Gasteiger partial charge in [-0.05, 0) is 6.92 Å². The lowest BCUT2D eigenvalue weighted by Gasteiger charge is -2.33. The molecule has 2 rings (SSSR count). The normalized spacial score (nSPS) is 15.1. The number of ether oxygens (including phenoxy) is 1. The third kappa shape index (κ3) is 4.46. The fraction of sp³-hybridized carbons (Fsp3) is 0.636. The Bertz CT molecular complexity index is 502. The van der Waals surface area contributed by atoms with E-state index in [2.05, 4.69) is 15.1 Å². The predicted octanol–water partition coefficient (Wildman–Crippen LogP) is 0.394. The van der Waals surface area contributed by atoms with Crippen LogP contribution in [0.4, 0.5) is 9.93 Å². The van der Waals surface area contributed by atoms with Gasteiger partial charge in [0.1, 0.15) is 0 Å². The monoisotopic (exact) mass is 331 g/mol. The van der Waals surface area contributed by atoms with Crippen LogP contribution in [0.5, 0.6) is 0 Å². The van der Waals surface area contributed by atoms with Gasteiger partial charge in [-0.1, -0.05) is 23.1 Å². The number of carbonyl (C=O) groups is 2. The van der Waals surface area contributed by atoms with Crippen LogP contribution >= 0.6 is 23.1 Å². The molecule has 10 heteroatoms. The molecule has 0 spiro atoms. The fourth-order valence-electron chi connectivity index (χ4n) is 1.82. The maximum atomic E-state index is 11.6. The van der Waals surface area contributed by atoms with Crippen LogP contribution in [-0.2, 0) is 9.53 Å². The Kier molecular flexibility index (Phi) is 5.62. The molecule has 21 heavy (non-hydrogen) atoms. The number of nitrogens with two attached hydrogens (primary N) is 1. The van der Waals surface area contributed by atoms with Crippen LogP contribution in [0.15, 0.2) is 4.34 Å². The average Bonchev–Trinajstić information content (AvgIpc) is 2.94. The van der Waals surface area contributed by atoms with Crippen LogP contribution in [0.25, 0.3) is 0 Å². The largest absolute Gasteiger partial charge is 0.450 e. The first-order chi connectivity index (χ1) is 10.1. The number of thioether (sulfide) groups is 1. The Morgan fingerprint density at radius 3 is 2.67 bits per heavy atom. The lowest BCUT2D eigenvalue weighted by molar-refractivity contribution is -0.115. The highest BCUT2D eigenvalue weighted by Gasteiger charge is 2.24. The molecule has 0 saturated carbocycles. The molecule has 2 heterocycles. The zero-order valence-corrected chi connectivity index (χ0v) is 13.3. The number of anilines is 1. The molecule has 0 atom stereocenters. The number of hydrogen-bond acceptors (Lipinski definition) is 8. The summed E-state index contributed by atoms with van der Waals surface area (Å²) in [7, 11) is 0. The summed E-state index contributed by atoms with van der Waals surface area (Å²) >= 11 is 2.71. The Morgan fingerprint density at radius 1 is 1.33 bits per heavy atom. The van der Waals surface area contributed by atoms with E-state index in [9.17, 15) is 9.59 Å². The van der Waals surface area contributed by atoms with E-state index in [-0.39, 0.29) is 17.8 Å². The second kappa shape index (κ2) is 7.46. The predicted molar refractivity (Wildman–Crippen MR) is 80.6 cm³/mol. The van der Waals surface area contributed by atoms with Gasteiger partial charge in [-0.25, -0.2) is 4.79 Å². The van der Waals surface area contributed by atoms with Crippen molar-refractivity contribution in [2.45, 2.75) is 11.3 Å². The van der Waals surface area contributed by atoms with Gasteiger partial charge in [0.05, 0.1) is 12.4 Å². The third-order valence-electron chi connectivity index (χ3n) is 2.81. The van der Waals surface area contributed by atoms with E-state index < -0.39 is 0 Å². The van der Waals surface area contributed by atoms with Gasteiger partial charge in [0, 0.05) is 26.2 Å². The minimum atomic E-state index is -0.375. The molecule has 8 nitrogen and oxygen atoms in total. The van der Waals surface area contributed by atoms with E-state index in [0.29, 0.717) is 32.8 Å². The maximum Gasteiger partial charge on any atom is 0.409 e. The van der Waals surface area contributed by atoms with E-state index in [4.69, 9.17) is 10.5 Å². The first-order valence-corrected chi connectivity index (χ1v) is 8.31. The van der Waals surface area contributed by atoms with E-state index in [0.717, 1.165) is 9.47 Å². The summed E-state index contributed by atoms with van der Waals surface area (Å²) in [6.45, 7) is 4.75. The highest BCUT2D eigenvalue weighted by Crippen LogP contribution is 2.28. The summed E-state index contributed by atoms with van der Waals surface area (Å²) < 4.78 is 5.70. The Labute approximate surface area is 130 Å². The molecular formula is C11H17N5O3S2. The number of carbonyl (C=O) groups excluding carboxylic acids is 2. The number of amides is 2. The standard InChI is InChI=1S/C11H17N5O3S2/c1-2-19-11(18)16-5-3-15(4-6-16)9-13-14-10(21-9)20-7-8(12)17/h2-7H2,1H3,(H2,12,17). The number of piperazine rings is 1. The van der Waals surface area contributed by atoms with E-state index >= 15 is 0 Å². The molecule has 0 aliphatic carbocycles. The molecule has 0 aromatic carbocycles. The molecule has 1 aromatic rings. The van der Waals surface area contributed by atoms with Crippen LogP contribution in [0.1, 0.15) is 6.92 Å². The molecule has 1 aliphatic rings. The number of primary amides is 1.